The number of hydrogen-bond acceptors (Lipinski definition) is 5. The Balaban J connectivity index is 0. The third-order valence-electron chi connectivity index (χ3n) is 3.08. The van der Waals surface area contributed by atoms with Crippen molar-refractivity contribution >= 4 is 11.9 Å². The van der Waals surface area contributed by atoms with E-state index in [9.17, 15) is 9.59 Å². The molecule has 6 nitrogen and oxygen atoms in total. The van der Waals surface area contributed by atoms with E-state index >= 15 is 0 Å². The summed E-state index contributed by atoms with van der Waals surface area (Å²) >= 11 is 0. The molecule has 0 aliphatic carbocycles. The molecule has 1 N–H and O–H groups in total. The normalized spacial score (nSPS) is 23.7. The summed E-state index contributed by atoms with van der Waals surface area (Å²) in [5, 5.41) is 4.35. The van der Waals surface area contributed by atoms with Gasteiger partial charge >= 0.3 is 0 Å². The maximum Gasteiger partial charge on any atom is 0.260 e. The van der Waals surface area contributed by atoms with Gasteiger partial charge < -0.3 is 24.2 Å². The largest absolute Gasteiger partial charge is 0.394 e. The minimum atomic E-state index is -0.570. The minimum Gasteiger partial charge on any atom is -0.394 e. The fourth-order valence-electron chi connectivity index (χ4n) is 1.96. The van der Waals surface area contributed by atoms with Gasteiger partial charge in [-0.2, -0.15) is 0 Å². The Kier molecular flexibility index (Phi) is 10.6. The van der Waals surface area contributed by atoms with Crippen LogP contribution in [-0.4, -0.2) is 34.6 Å². The molecule has 1 saturated heterocycles. The molecule has 0 aromatic carbocycles. The summed E-state index contributed by atoms with van der Waals surface area (Å²) in [7, 11) is 1.25. The van der Waals surface area contributed by atoms with E-state index in [4.69, 9.17) is 7.54 Å². The predicted octanol–water partition coefficient (Wildman–Crippen LogP) is 1.01. The maximum atomic E-state index is 11.8. The van der Waals surface area contributed by atoms with Crippen molar-refractivity contribution in [3.63, 3.8) is 0 Å². The smallest absolute Gasteiger partial charge is 0.260 e. The van der Waals surface area contributed by atoms with Crippen molar-refractivity contribution in [3.05, 3.63) is 40.9 Å². The molecule has 0 bridgehead atoms. The Morgan fingerprint density at radius 1 is 1.78 bits per heavy atom. The van der Waals surface area contributed by atoms with Gasteiger partial charge in [-0.25, -0.2) is 0 Å². The maximum absolute atomic E-state index is 11.8. The minimum absolute atomic E-state index is 0. The molecule has 1 fully saturated rings. The quantitative estimate of drug-likeness (QED) is 0.424. The molecule has 2 rings (SSSR count). The first kappa shape index (κ1) is 21.0. The van der Waals surface area contributed by atoms with E-state index in [2.05, 4.69) is 16.3 Å². The van der Waals surface area contributed by atoms with E-state index < -0.39 is 11.9 Å². The van der Waals surface area contributed by atoms with E-state index in [1.807, 2.05) is 13.3 Å². The number of aliphatic hydroxyl groups excluding tert-OH is 1. The van der Waals surface area contributed by atoms with Crippen molar-refractivity contribution < 1.29 is 69.8 Å². The summed E-state index contributed by atoms with van der Waals surface area (Å²) < 4.78 is 19.5. The van der Waals surface area contributed by atoms with Crippen LogP contribution in [0.15, 0.2) is 17.1 Å². The molecule has 125 valence electrons. The van der Waals surface area contributed by atoms with E-state index in [1.165, 1.54) is 37.2 Å². The monoisotopic (exact) mass is 568 g/mol. The van der Waals surface area contributed by atoms with Gasteiger partial charge in [0, 0.05) is 55.1 Å². The van der Waals surface area contributed by atoms with Crippen LogP contribution in [-0.2, 0) is 63.3 Å². The number of nitrogens with zero attached hydrogens (tertiary/aromatic N) is 2. The van der Waals surface area contributed by atoms with Gasteiger partial charge in [0.1, 0.15) is 5.78 Å². The molecule has 8 heteroatoms. The number of rotatable bonds is 5. The number of ether oxygens (including phenoxy) is 1. The molecule has 0 amide bonds. The second kappa shape index (κ2) is 11.5. The summed E-state index contributed by atoms with van der Waals surface area (Å²) in [6, 6.07) is 0. The Morgan fingerprint density at radius 2 is 2.48 bits per heavy atom. The van der Waals surface area contributed by atoms with Gasteiger partial charge in [-0.3, -0.25) is 11.2 Å². The number of allylic oxidation sites excluding steroid dienone is 1. The molecule has 2 heterocycles. The summed E-state index contributed by atoms with van der Waals surface area (Å²) in [6.07, 6.45) is 8.01. The standard InChI is InChI=1S/C14H16N2O4.CH4.W.Y/c1-9-5-13(20-12(9)8-17)16-7-11(4-3-10(2)18)6-15-14(16)19;;;/h3-5,7,9,12-13,17H,8H2,1-2H3;1H4;;/q-2;;;/b4-3+;;;/t9?,12-,13-;;;/m1.../s1/i17D;1T;;. The van der Waals surface area contributed by atoms with Crippen molar-refractivity contribution in [3.8, 4) is 0 Å². The Hall–Kier alpha value is 0.00221. The molecule has 23 heavy (non-hydrogen) atoms. The van der Waals surface area contributed by atoms with E-state index in [0.29, 0.717) is 5.56 Å². The average molecular weight is 568 g/mol. The zero-order valence-electron chi connectivity index (χ0n) is 15.3. The molecular formula is C15H20N2O4WY-2. The van der Waals surface area contributed by atoms with Crippen LogP contribution < -0.4 is 5.69 Å². The summed E-state index contributed by atoms with van der Waals surface area (Å²) in [5.41, 5.74) is 0.0190. The molecule has 1 aromatic heterocycles. The van der Waals surface area contributed by atoms with Gasteiger partial charge in [0.05, 0.1) is 12.7 Å². The first-order valence-corrected chi connectivity index (χ1v) is 6.29. The van der Waals surface area contributed by atoms with Crippen molar-refractivity contribution in [2.75, 3.05) is 6.61 Å². The van der Waals surface area contributed by atoms with Crippen molar-refractivity contribution in [1.29, 1.82) is 1.43 Å². The van der Waals surface area contributed by atoms with Crippen LogP contribution in [0.3, 0.4) is 0 Å². The van der Waals surface area contributed by atoms with Gasteiger partial charge in [0.25, 0.3) is 5.69 Å². The van der Waals surface area contributed by atoms with Crippen LogP contribution in [0.25, 0.3) is 6.08 Å². The Bertz CT molecular complexity index is 615. The van der Waals surface area contributed by atoms with Gasteiger partial charge in [-0.05, 0) is 19.3 Å². The van der Waals surface area contributed by atoms with Crippen molar-refractivity contribution in [2.45, 2.75) is 33.6 Å². The molecule has 3 atom stereocenters. The van der Waals surface area contributed by atoms with Crippen LogP contribution in [0.5, 0.6) is 0 Å². The SMILES string of the molecule is [2H]OC[C@H]1O[C@@H](n2cc(/C=C/C(C)=O)[c-]nc2=O)[CH-]C1C.[3H]C.[W].[Y]. The van der Waals surface area contributed by atoms with Crippen LogP contribution in [0.4, 0.5) is 0 Å². The van der Waals surface area contributed by atoms with E-state index in [-0.39, 0.29) is 78.2 Å². The van der Waals surface area contributed by atoms with E-state index in [0.717, 1.165) is 0 Å². The molecule has 1 aliphatic heterocycles. The Morgan fingerprint density at radius 3 is 3.09 bits per heavy atom. The Labute approximate surface area is 178 Å². The van der Waals surface area contributed by atoms with Gasteiger partial charge in [-0.1, -0.05) is 26.6 Å². The molecule has 1 aromatic rings. The van der Waals surface area contributed by atoms with Crippen LogP contribution >= 0.6 is 0 Å². The average Bonchev–Trinajstić information content (AvgIpc) is 2.89. The van der Waals surface area contributed by atoms with Crippen LogP contribution in [0.1, 0.15) is 34.4 Å². The number of carbonyl (C=O) groups is 1. The fourth-order valence-corrected chi connectivity index (χ4v) is 1.96. The van der Waals surface area contributed by atoms with Crippen LogP contribution in [0.2, 0.25) is 0 Å². The van der Waals surface area contributed by atoms with E-state index in [1.54, 1.807) is 0 Å². The zero-order valence-corrected chi connectivity index (χ0v) is 19.0. The third-order valence-corrected chi connectivity index (χ3v) is 3.08. The first-order chi connectivity index (χ1) is 11.0. The fraction of sp³-hybridized carbons (Fsp3) is 0.467. The molecule has 1 aliphatic rings. The number of aliphatic hydroxyl groups is 1. The molecular weight excluding hydrogens is 545 g/mol. The van der Waals surface area contributed by atoms with Crippen LogP contribution in [0, 0.1) is 18.5 Å². The third kappa shape index (κ3) is 6.79. The summed E-state index contributed by atoms with van der Waals surface area (Å²) in [6.45, 7) is 3.49. The molecule has 0 spiro atoms. The second-order valence-corrected chi connectivity index (χ2v) is 4.73. The van der Waals surface area contributed by atoms with Crippen molar-refractivity contribution in [1.82, 2.24) is 9.55 Å². The second-order valence-electron chi connectivity index (χ2n) is 4.73. The van der Waals surface area contributed by atoms with Gasteiger partial charge in [0.15, 0.2) is 0 Å². The van der Waals surface area contributed by atoms with Gasteiger partial charge in [0.2, 0.25) is 1.43 Å². The number of ketones is 1. The number of carbonyl (C=O) groups excluding carboxylic acids is 1. The molecule has 1 radical (unpaired) electrons. The van der Waals surface area contributed by atoms with Crippen molar-refractivity contribution in [2.24, 2.45) is 5.92 Å². The summed E-state index contributed by atoms with van der Waals surface area (Å²) in [5.74, 6) is -0.0567. The molecule has 0 saturated carbocycles. The first-order valence-electron chi connectivity index (χ1n) is 7.70. The zero-order chi connectivity index (χ0) is 17.4. The summed E-state index contributed by atoms with van der Waals surface area (Å²) in [4.78, 5) is 26.4. The molecule has 1 unspecified atom stereocenters. The number of hydrogen-bond donors (Lipinski definition) is 1. The van der Waals surface area contributed by atoms with Gasteiger partial charge in [-0.15, -0.1) is 17.6 Å². The number of aromatic nitrogens is 2. The predicted molar refractivity (Wildman–Crippen MR) is 78.2 cm³/mol. The topological polar surface area (TPSA) is 81.4 Å².